The minimum atomic E-state index is -0.426. The van der Waals surface area contributed by atoms with Gasteiger partial charge in [0.1, 0.15) is 5.82 Å². The number of hydrogen-bond acceptors (Lipinski definition) is 2. The van der Waals surface area contributed by atoms with Gasteiger partial charge in [-0.3, -0.25) is 4.79 Å². The van der Waals surface area contributed by atoms with Gasteiger partial charge < -0.3 is 15.5 Å². The SMILES string of the molecule is O=C1CC(NC(=S)Nc2ccc(Cl)cc2Cl)CN1c1ccccc1F. The summed E-state index contributed by atoms with van der Waals surface area (Å²) in [6.45, 7) is 0.329. The van der Waals surface area contributed by atoms with Gasteiger partial charge >= 0.3 is 0 Å². The predicted molar refractivity (Wildman–Crippen MR) is 103 cm³/mol. The van der Waals surface area contributed by atoms with Gasteiger partial charge in [0.05, 0.1) is 22.4 Å². The first-order valence-corrected chi connectivity index (χ1v) is 8.68. The maximum Gasteiger partial charge on any atom is 0.229 e. The smallest absolute Gasteiger partial charge is 0.229 e. The van der Waals surface area contributed by atoms with Crippen LogP contribution >= 0.6 is 35.4 Å². The average Bonchev–Trinajstić information content (AvgIpc) is 2.91. The van der Waals surface area contributed by atoms with Crippen LogP contribution in [-0.2, 0) is 4.79 Å². The molecule has 8 heteroatoms. The van der Waals surface area contributed by atoms with Crippen molar-refractivity contribution in [3.05, 3.63) is 58.3 Å². The normalized spacial score (nSPS) is 16.8. The Morgan fingerprint density at radius 3 is 2.72 bits per heavy atom. The molecule has 4 nitrogen and oxygen atoms in total. The van der Waals surface area contributed by atoms with Crippen molar-refractivity contribution in [2.45, 2.75) is 12.5 Å². The highest BCUT2D eigenvalue weighted by atomic mass is 35.5. The van der Waals surface area contributed by atoms with Crippen LogP contribution in [0, 0.1) is 5.82 Å². The summed E-state index contributed by atoms with van der Waals surface area (Å²) in [5.41, 5.74) is 0.885. The second-order valence-electron chi connectivity index (χ2n) is 5.58. The molecule has 2 aromatic carbocycles. The Labute approximate surface area is 159 Å². The summed E-state index contributed by atoms with van der Waals surface area (Å²) in [5, 5.41) is 7.33. The molecule has 0 bridgehead atoms. The van der Waals surface area contributed by atoms with Crippen molar-refractivity contribution >= 4 is 57.8 Å². The molecular weight excluding hydrogens is 384 g/mol. The Hall–Kier alpha value is -1.89. The van der Waals surface area contributed by atoms with Gasteiger partial charge in [0.15, 0.2) is 5.11 Å². The van der Waals surface area contributed by atoms with Crippen LogP contribution in [0.25, 0.3) is 0 Å². The monoisotopic (exact) mass is 397 g/mol. The van der Waals surface area contributed by atoms with Crippen molar-refractivity contribution in [2.24, 2.45) is 0 Å². The average molecular weight is 398 g/mol. The third-order valence-corrected chi connectivity index (χ3v) is 4.55. The summed E-state index contributed by atoms with van der Waals surface area (Å²) in [5.74, 6) is -0.583. The molecule has 0 radical (unpaired) electrons. The highest BCUT2D eigenvalue weighted by molar-refractivity contribution is 7.80. The van der Waals surface area contributed by atoms with E-state index in [2.05, 4.69) is 10.6 Å². The molecule has 1 amide bonds. The van der Waals surface area contributed by atoms with Gasteiger partial charge in [0, 0.05) is 18.0 Å². The lowest BCUT2D eigenvalue weighted by molar-refractivity contribution is -0.117. The van der Waals surface area contributed by atoms with E-state index >= 15 is 0 Å². The van der Waals surface area contributed by atoms with Gasteiger partial charge in [-0.1, -0.05) is 35.3 Å². The van der Waals surface area contributed by atoms with Crippen molar-refractivity contribution in [1.29, 1.82) is 0 Å². The third-order valence-electron chi connectivity index (χ3n) is 3.78. The molecule has 25 heavy (non-hydrogen) atoms. The molecule has 1 unspecified atom stereocenters. The summed E-state index contributed by atoms with van der Waals surface area (Å²) in [7, 11) is 0. The second kappa shape index (κ2) is 7.56. The molecule has 2 N–H and O–H groups in total. The summed E-state index contributed by atoms with van der Waals surface area (Å²) in [6, 6.07) is 11.0. The molecule has 0 aromatic heterocycles. The number of thiocarbonyl (C=S) groups is 1. The number of carbonyl (C=O) groups is 1. The van der Waals surface area contributed by atoms with Crippen LogP contribution in [0.15, 0.2) is 42.5 Å². The lowest BCUT2D eigenvalue weighted by atomic mass is 10.2. The molecule has 2 aromatic rings. The fourth-order valence-corrected chi connectivity index (χ4v) is 3.37. The molecule has 1 heterocycles. The van der Waals surface area contributed by atoms with Crippen LogP contribution in [0.3, 0.4) is 0 Å². The van der Waals surface area contributed by atoms with Crippen LogP contribution < -0.4 is 15.5 Å². The fraction of sp³-hybridized carbons (Fsp3) is 0.176. The van der Waals surface area contributed by atoms with Gasteiger partial charge in [-0.2, -0.15) is 0 Å². The lowest BCUT2D eigenvalue weighted by Gasteiger charge is -2.19. The first kappa shape index (κ1) is 17.9. The fourth-order valence-electron chi connectivity index (χ4n) is 2.64. The van der Waals surface area contributed by atoms with Crippen LogP contribution in [0.5, 0.6) is 0 Å². The predicted octanol–water partition coefficient (Wildman–Crippen LogP) is 4.22. The van der Waals surface area contributed by atoms with E-state index < -0.39 is 5.82 Å². The first-order valence-electron chi connectivity index (χ1n) is 7.51. The molecule has 1 aliphatic rings. The van der Waals surface area contributed by atoms with E-state index in [0.29, 0.717) is 27.4 Å². The molecule has 1 aliphatic heterocycles. The van der Waals surface area contributed by atoms with Crippen molar-refractivity contribution < 1.29 is 9.18 Å². The number of carbonyl (C=O) groups excluding carboxylic acids is 1. The van der Waals surface area contributed by atoms with E-state index in [4.69, 9.17) is 35.4 Å². The number of nitrogens with zero attached hydrogens (tertiary/aromatic N) is 1. The van der Waals surface area contributed by atoms with Gasteiger partial charge in [-0.05, 0) is 42.5 Å². The number of halogens is 3. The van der Waals surface area contributed by atoms with E-state index in [1.54, 1.807) is 36.4 Å². The van der Waals surface area contributed by atoms with Crippen molar-refractivity contribution in [3.63, 3.8) is 0 Å². The number of amides is 1. The Balaban J connectivity index is 1.63. The molecule has 1 fully saturated rings. The van der Waals surface area contributed by atoms with Crippen LogP contribution in [-0.4, -0.2) is 23.6 Å². The van der Waals surface area contributed by atoms with Crippen LogP contribution in [0.4, 0.5) is 15.8 Å². The van der Waals surface area contributed by atoms with Crippen LogP contribution in [0.1, 0.15) is 6.42 Å². The van der Waals surface area contributed by atoms with Crippen LogP contribution in [0.2, 0.25) is 10.0 Å². The molecular formula is C17H14Cl2FN3OS. The molecule has 130 valence electrons. The topological polar surface area (TPSA) is 44.4 Å². The molecule has 0 spiro atoms. The Morgan fingerprint density at radius 1 is 1.24 bits per heavy atom. The minimum absolute atomic E-state index is 0.157. The van der Waals surface area contributed by atoms with Gasteiger partial charge in [0.25, 0.3) is 0 Å². The van der Waals surface area contributed by atoms with Gasteiger partial charge in [0.2, 0.25) is 5.91 Å². The number of hydrogen-bond donors (Lipinski definition) is 2. The first-order chi connectivity index (χ1) is 11.9. The zero-order valence-corrected chi connectivity index (χ0v) is 15.3. The number of benzene rings is 2. The third kappa shape index (κ3) is 4.21. The number of nitrogens with one attached hydrogen (secondary N) is 2. The number of anilines is 2. The highest BCUT2D eigenvalue weighted by Gasteiger charge is 2.32. The molecule has 0 saturated carbocycles. The second-order valence-corrected chi connectivity index (χ2v) is 6.83. The van der Waals surface area contributed by atoms with Gasteiger partial charge in [-0.25, -0.2) is 4.39 Å². The molecule has 0 aliphatic carbocycles. The number of rotatable bonds is 3. The van der Waals surface area contributed by atoms with Crippen molar-refractivity contribution in [1.82, 2.24) is 5.32 Å². The summed E-state index contributed by atoms with van der Waals surface area (Å²) < 4.78 is 13.9. The van der Waals surface area contributed by atoms with E-state index in [-0.39, 0.29) is 24.1 Å². The lowest BCUT2D eigenvalue weighted by Crippen LogP contribution is -2.39. The van der Waals surface area contributed by atoms with E-state index in [0.717, 1.165) is 0 Å². The van der Waals surface area contributed by atoms with Gasteiger partial charge in [-0.15, -0.1) is 0 Å². The van der Waals surface area contributed by atoms with E-state index in [9.17, 15) is 9.18 Å². The summed E-state index contributed by atoms with van der Waals surface area (Å²) in [4.78, 5) is 13.6. The Morgan fingerprint density at radius 2 is 2.00 bits per heavy atom. The minimum Gasteiger partial charge on any atom is -0.357 e. The molecule has 1 atom stereocenters. The largest absolute Gasteiger partial charge is 0.357 e. The quantitative estimate of drug-likeness (QED) is 0.760. The Kier molecular flexibility index (Phi) is 5.42. The summed E-state index contributed by atoms with van der Waals surface area (Å²) >= 11 is 17.2. The maximum absolute atomic E-state index is 13.9. The zero-order valence-electron chi connectivity index (χ0n) is 12.9. The van der Waals surface area contributed by atoms with E-state index in [1.807, 2.05) is 0 Å². The molecule has 3 rings (SSSR count). The highest BCUT2D eigenvalue weighted by Crippen LogP contribution is 2.26. The standard InChI is InChI=1S/C17H14Cl2FN3OS/c18-10-5-6-14(12(19)7-10)22-17(25)21-11-8-16(24)23(9-11)15-4-2-1-3-13(15)20/h1-7,11H,8-9H2,(H2,21,22,25). The number of para-hydroxylation sites is 1. The Bertz CT molecular complexity index is 833. The van der Waals surface area contributed by atoms with Crippen molar-refractivity contribution in [2.75, 3.05) is 16.8 Å². The van der Waals surface area contributed by atoms with E-state index in [1.165, 1.54) is 11.0 Å². The van der Waals surface area contributed by atoms with Crippen molar-refractivity contribution in [3.8, 4) is 0 Å². The summed E-state index contributed by atoms with van der Waals surface area (Å²) in [6.07, 6.45) is 0.227. The molecule has 1 saturated heterocycles. The maximum atomic E-state index is 13.9. The zero-order chi connectivity index (χ0) is 18.0.